The Morgan fingerprint density at radius 2 is 2.20 bits per heavy atom. The predicted octanol–water partition coefficient (Wildman–Crippen LogP) is 1.50. The lowest BCUT2D eigenvalue weighted by atomic mass is 10.1. The Balaban J connectivity index is 2.17. The van der Waals surface area contributed by atoms with Crippen molar-refractivity contribution in [1.29, 1.82) is 0 Å². The van der Waals surface area contributed by atoms with Gasteiger partial charge in [-0.2, -0.15) is 0 Å². The van der Waals surface area contributed by atoms with Crippen molar-refractivity contribution >= 4 is 5.95 Å². The van der Waals surface area contributed by atoms with Crippen molar-refractivity contribution in [2.24, 2.45) is 0 Å². The average molecular weight is 200 g/mol. The summed E-state index contributed by atoms with van der Waals surface area (Å²) < 4.78 is 0. The van der Waals surface area contributed by atoms with E-state index in [0.29, 0.717) is 5.95 Å². The molecule has 0 saturated heterocycles. The standard InChI is InChI=1S/C11H12N4/c1-12-11-14-6-4-10(15-11)7-9-3-2-5-13-8-9/h2-6,8H,7H2,1H3,(H,12,14,15). The van der Waals surface area contributed by atoms with Crippen LogP contribution in [0.25, 0.3) is 0 Å². The third-order valence-electron chi connectivity index (χ3n) is 2.04. The molecule has 2 heterocycles. The first-order valence-corrected chi connectivity index (χ1v) is 4.77. The summed E-state index contributed by atoms with van der Waals surface area (Å²) >= 11 is 0. The normalized spacial score (nSPS) is 9.93. The van der Waals surface area contributed by atoms with Crippen molar-refractivity contribution < 1.29 is 0 Å². The zero-order valence-electron chi connectivity index (χ0n) is 8.51. The zero-order chi connectivity index (χ0) is 10.5. The summed E-state index contributed by atoms with van der Waals surface area (Å²) in [4.78, 5) is 12.5. The van der Waals surface area contributed by atoms with Gasteiger partial charge in [-0.15, -0.1) is 0 Å². The Labute approximate surface area is 88.4 Å². The van der Waals surface area contributed by atoms with E-state index in [2.05, 4.69) is 20.3 Å². The first-order valence-electron chi connectivity index (χ1n) is 4.77. The fourth-order valence-corrected chi connectivity index (χ4v) is 1.33. The van der Waals surface area contributed by atoms with E-state index in [0.717, 1.165) is 17.7 Å². The lowest BCUT2D eigenvalue weighted by molar-refractivity contribution is 1.02. The van der Waals surface area contributed by atoms with Crippen LogP contribution >= 0.6 is 0 Å². The van der Waals surface area contributed by atoms with Gasteiger partial charge in [0.05, 0.1) is 5.69 Å². The molecule has 0 fully saturated rings. The van der Waals surface area contributed by atoms with Crippen LogP contribution in [0.5, 0.6) is 0 Å². The van der Waals surface area contributed by atoms with E-state index < -0.39 is 0 Å². The van der Waals surface area contributed by atoms with Crippen LogP contribution in [0.4, 0.5) is 5.95 Å². The van der Waals surface area contributed by atoms with Crippen LogP contribution in [-0.4, -0.2) is 22.0 Å². The summed E-state index contributed by atoms with van der Waals surface area (Å²) in [6.45, 7) is 0. The smallest absolute Gasteiger partial charge is 0.222 e. The van der Waals surface area contributed by atoms with Gasteiger partial charge >= 0.3 is 0 Å². The van der Waals surface area contributed by atoms with Gasteiger partial charge in [-0.3, -0.25) is 4.98 Å². The number of anilines is 1. The number of hydrogen-bond donors (Lipinski definition) is 1. The zero-order valence-corrected chi connectivity index (χ0v) is 8.51. The summed E-state index contributed by atoms with van der Waals surface area (Å²) in [6, 6.07) is 5.87. The highest BCUT2D eigenvalue weighted by Gasteiger charge is 1.99. The molecular weight excluding hydrogens is 188 g/mol. The van der Waals surface area contributed by atoms with Crippen LogP contribution in [0.15, 0.2) is 36.8 Å². The van der Waals surface area contributed by atoms with E-state index in [1.165, 1.54) is 0 Å². The molecule has 0 amide bonds. The molecule has 0 atom stereocenters. The maximum atomic E-state index is 4.34. The molecule has 1 N–H and O–H groups in total. The summed E-state index contributed by atoms with van der Waals surface area (Å²) in [7, 11) is 1.81. The summed E-state index contributed by atoms with van der Waals surface area (Å²) in [5, 5.41) is 2.92. The van der Waals surface area contributed by atoms with Crippen molar-refractivity contribution in [3.63, 3.8) is 0 Å². The molecule has 76 valence electrons. The molecule has 0 spiro atoms. The second-order valence-electron chi connectivity index (χ2n) is 3.16. The van der Waals surface area contributed by atoms with Crippen LogP contribution in [0, 0.1) is 0 Å². The van der Waals surface area contributed by atoms with Gasteiger partial charge in [0, 0.05) is 32.1 Å². The molecule has 0 aliphatic rings. The number of aromatic nitrogens is 3. The lowest BCUT2D eigenvalue weighted by Gasteiger charge is -2.02. The molecule has 2 rings (SSSR count). The van der Waals surface area contributed by atoms with Gasteiger partial charge in [0.15, 0.2) is 0 Å². The summed E-state index contributed by atoms with van der Waals surface area (Å²) in [5.41, 5.74) is 2.14. The van der Waals surface area contributed by atoms with Crippen molar-refractivity contribution in [1.82, 2.24) is 15.0 Å². The fourth-order valence-electron chi connectivity index (χ4n) is 1.33. The molecule has 0 aromatic carbocycles. The molecule has 0 aliphatic carbocycles. The number of nitrogens with one attached hydrogen (secondary N) is 1. The summed E-state index contributed by atoms with van der Waals surface area (Å²) in [6.07, 6.45) is 6.15. The minimum Gasteiger partial charge on any atom is -0.357 e. The Hall–Kier alpha value is -1.97. The molecule has 2 aromatic heterocycles. The van der Waals surface area contributed by atoms with Crippen LogP contribution < -0.4 is 5.32 Å². The van der Waals surface area contributed by atoms with Gasteiger partial charge in [0.25, 0.3) is 0 Å². The first-order chi connectivity index (χ1) is 7.38. The second-order valence-corrected chi connectivity index (χ2v) is 3.16. The van der Waals surface area contributed by atoms with Crippen LogP contribution in [0.1, 0.15) is 11.3 Å². The van der Waals surface area contributed by atoms with Crippen molar-refractivity contribution in [2.45, 2.75) is 6.42 Å². The van der Waals surface area contributed by atoms with Crippen molar-refractivity contribution in [2.75, 3.05) is 12.4 Å². The first kappa shape index (κ1) is 9.58. The maximum Gasteiger partial charge on any atom is 0.222 e. The van der Waals surface area contributed by atoms with Gasteiger partial charge < -0.3 is 5.32 Å². The molecule has 15 heavy (non-hydrogen) atoms. The minimum absolute atomic E-state index is 0.649. The monoisotopic (exact) mass is 200 g/mol. The number of hydrogen-bond acceptors (Lipinski definition) is 4. The molecule has 0 bridgehead atoms. The van der Waals surface area contributed by atoms with Crippen LogP contribution in [0.3, 0.4) is 0 Å². The van der Waals surface area contributed by atoms with Crippen molar-refractivity contribution in [3.8, 4) is 0 Å². The number of pyridine rings is 1. The van der Waals surface area contributed by atoms with E-state index in [1.54, 1.807) is 12.4 Å². The van der Waals surface area contributed by atoms with Crippen LogP contribution in [0.2, 0.25) is 0 Å². The van der Waals surface area contributed by atoms with E-state index in [-0.39, 0.29) is 0 Å². The predicted molar refractivity (Wildman–Crippen MR) is 58.6 cm³/mol. The van der Waals surface area contributed by atoms with E-state index in [4.69, 9.17) is 0 Å². The Kier molecular flexibility index (Phi) is 2.88. The third kappa shape index (κ3) is 2.49. The fraction of sp³-hybridized carbons (Fsp3) is 0.182. The molecule has 0 radical (unpaired) electrons. The average Bonchev–Trinajstić information content (AvgIpc) is 2.31. The van der Waals surface area contributed by atoms with Gasteiger partial charge in [0.2, 0.25) is 5.95 Å². The highest BCUT2D eigenvalue weighted by Crippen LogP contribution is 2.06. The number of nitrogens with zero attached hydrogens (tertiary/aromatic N) is 3. The Morgan fingerprint density at radius 1 is 1.27 bits per heavy atom. The quantitative estimate of drug-likeness (QED) is 0.815. The lowest BCUT2D eigenvalue weighted by Crippen LogP contribution is -1.99. The van der Waals surface area contributed by atoms with Crippen LogP contribution in [-0.2, 0) is 6.42 Å². The minimum atomic E-state index is 0.649. The molecule has 2 aromatic rings. The van der Waals surface area contributed by atoms with Gasteiger partial charge in [-0.1, -0.05) is 6.07 Å². The van der Waals surface area contributed by atoms with Gasteiger partial charge in [-0.25, -0.2) is 9.97 Å². The van der Waals surface area contributed by atoms with E-state index in [9.17, 15) is 0 Å². The molecule has 4 nitrogen and oxygen atoms in total. The Bertz CT molecular complexity index is 428. The second kappa shape index (κ2) is 4.50. The summed E-state index contributed by atoms with van der Waals surface area (Å²) in [5.74, 6) is 0.649. The number of rotatable bonds is 3. The molecule has 0 saturated carbocycles. The highest BCUT2D eigenvalue weighted by molar-refractivity contribution is 5.26. The molecule has 0 unspecified atom stereocenters. The van der Waals surface area contributed by atoms with E-state index >= 15 is 0 Å². The van der Waals surface area contributed by atoms with Gasteiger partial charge in [-0.05, 0) is 17.7 Å². The molecular formula is C11H12N4. The van der Waals surface area contributed by atoms with Gasteiger partial charge in [0.1, 0.15) is 0 Å². The third-order valence-corrected chi connectivity index (χ3v) is 2.04. The van der Waals surface area contributed by atoms with E-state index in [1.807, 2.05) is 31.4 Å². The maximum absolute atomic E-state index is 4.34. The highest BCUT2D eigenvalue weighted by atomic mass is 15.1. The topological polar surface area (TPSA) is 50.7 Å². The molecule has 0 aliphatic heterocycles. The largest absolute Gasteiger partial charge is 0.357 e. The molecule has 4 heteroatoms. The van der Waals surface area contributed by atoms with Crippen molar-refractivity contribution in [3.05, 3.63) is 48.0 Å². The SMILES string of the molecule is CNc1nccc(Cc2cccnc2)n1. The Morgan fingerprint density at radius 3 is 2.93 bits per heavy atom.